The average Bonchev–Trinajstić information content (AvgIpc) is 2.69. The largest absolute Gasteiger partial charge is 0.355 e. The highest BCUT2D eigenvalue weighted by Crippen LogP contribution is 2.32. The van der Waals surface area contributed by atoms with Crippen LogP contribution in [0.5, 0.6) is 0 Å². The van der Waals surface area contributed by atoms with Crippen LogP contribution in [0.4, 0.5) is 11.4 Å². The Balaban J connectivity index is 1.64. The third-order valence-electron chi connectivity index (χ3n) is 5.22. The molecule has 1 N–H and O–H groups in total. The van der Waals surface area contributed by atoms with E-state index in [4.69, 9.17) is 11.6 Å². The molecule has 0 bridgehead atoms. The summed E-state index contributed by atoms with van der Waals surface area (Å²) in [7, 11) is -3.19. The fraction of sp³-hybridized carbons (Fsp3) is 0.227. The van der Waals surface area contributed by atoms with Crippen LogP contribution in [0.15, 0.2) is 54.7 Å². The molecular formula is C22H22ClN3O2S. The number of rotatable bonds is 4. The highest BCUT2D eigenvalue weighted by atomic mass is 35.5. The van der Waals surface area contributed by atoms with Crippen LogP contribution >= 0.6 is 11.6 Å². The molecule has 0 fully saturated rings. The van der Waals surface area contributed by atoms with Crippen LogP contribution in [0.2, 0.25) is 5.02 Å². The second-order valence-electron chi connectivity index (χ2n) is 7.31. The van der Waals surface area contributed by atoms with Crippen molar-refractivity contribution in [3.63, 3.8) is 0 Å². The molecule has 1 aliphatic rings. The van der Waals surface area contributed by atoms with Crippen molar-refractivity contribution in [2.75, 3.05) is 18.1 Å². The molecule has 0 saturated carbocycles. The summed E-state index contributed by atoms with van der Waals surface area (Å²) in [6.45, 7) is 2.97. The van der Waals surface area contributed by atoms with Gasteiger partial charge >= 0.3 is 0 Å². The van der Waals surface area contributed by atoms with E-state index in [0.717, 1.165) is 33.8 Å². The van der Waals surface area contributed by atoms with Crippen molar-refractivity contribution in [1.29, 1.82) is 0 Å². The normalized spacial score (nSPS) is 14.4. The second-order valence-corrected chi connectivity index (χ2v) is 9.73. The summed E-state index contributed by atoms with van der Waals surface area (Å²) in [5, 5.41) is 4.12. The fourth-order valence-electron chi connectivity index (χ4n) is 3.65. The Hall–Kier alpha value is -2.41. The molecule has 4 rings (SSSR count). The summed E-state index contributed by atoms with van der Waals surface area (Å²) in [6.07, 6.45) is 3.60. The van der Waals surface area contributed by atoms with Crippen LogP contribution in [0.25, 0.3) is 11.3 Å². The molecular weight excluding hydrogens is 406 g/mol. The first-order chi connectivity index (χ1) is 13.8. The minimum absolute atomic E-state index is 0.414. The van der Waals surface area contributed by atoms with Gasteiger partial charge in [0.2, 0.25) is 10.0 Å². The van der Waals surface area contributed by atoms with E-state index in [1.54, 1.807) is 6.20 Å². The molecule has 7 heteroatoms. The maximum atomic E-state index is 11.9. The molecule has 0 amide bonds. The Morgan fingerprint density at radius 1 is 1.14 bits per heavy atom. The van der Waals surface area contributed by atoms with Crippen molar-refractivity contribution < 1.29 is 8.42 Å². The Bertz CT molecular complexity index is 1160. The van der Waals surface area contributed by atoms with E-state index in [0.29, 0.717) is 24.5 Å². The molecule has 2 aromatic carbocycles. The van der Waals surface area contributed by atoms with E-state index < -0.39 is 10.0 Å². The third kappa shape index (κ3) is 4.29. The molecule has 3 aromatic rings. The lowest BCUT2D eigenvalue weighted by molar-refractivity contribution is 0.395. The summed E-state index contributed by atoms with van der Waals surface area (Å²) in [5.41, 5.74) is 7.21. The minimum Gasteiger partial charge on any atom is -0.355 e. The number of sulfonamides is 1. The molecule has 0 spiro atoms. The van der Waals surface area contributed by atoms with E-state index in [2.05, 4.69) is 29.4 Å². The lowest BCUT2D eigenvalue weighted by atomic mass is 9.98. The number of halogens is 1. The Morgan fingerprint density at radius 3 is 2.69 bits per heavy atom. The van der Waals surface area contributed by atoms with E-state index in [1.165, 1.54) is 16.1 Å². The summed E-state index contributed by atoms with van der Waals surface area (Å²) in [6, 6.07) is 15.9. The standard InChI is InChI=1S/C22H22ClN3O2S/c1-15-6-8-18(12-20(15)21-9-7-17(23)13-24-21)25-22-5-3-4-16-14-26(29(2,27)28)11-10-19(16)22/h3-9,12-13,25H,10-11,14H2,1-2H3. The van der Waals surface area contributed by atoms with Crippen molar-refractivity contribution >= 4 is 33.0 Å². The highest BCUT2D eigenvalue weighted by Gasteiger charge is 2.24. The van der Waals surface area contributed by atoms with Gasteiger partial charge in [-0.05, 0) is 60.4 Å². The van der Waals surface area contributed by atoms with Crippen molar-refractivity contribution in [3.8, 4) is 11.3 Å². The van der Waals surface area contributed by atoms with Gasteiger partial charge in [0.1, 0.15) is 0 Å². The number of anilines is 2. The molecule has 150 valence electrons. The van der Waals surface area contributed by atoms with E-state index in [-0.39, 0.29) is 0 Å². The minimum atomic E-state index is -3.19. The molecule has 1 aromatic heterocycles. The number of hydrogen-bond acceptors (Lipinski definition) is 4. The third-order valence-corrected chi connectivity index (χ3v) is 6.69. The van der Waals surface area contributed by atoms with Crippen LogP contribution in [-0.4, -0.2) is 30.5 Å². The SMILES string of the molecule is Cc1ccc(Nc2cccc3c2CCN(S(C)(=O)=O)C3)cc1-c1ccc(Cl)cn1. The number of pyridine rings is 1. The first-order valence-electron chi connectivity index (χ1n) is 9.37. The topological polar surface area (TPSA) is 62.3 Å². The number of nitrogens with zero attached hydrogens (tertiary/aromatic N) is 2. The predicted octanol–water partition coefficient (Wildman–Crippen LogP) is 4.77. The molecule has 29 heavy (non-hydrogen) atoms. The molecule has 0 radical (unpaired) electrons. The number of benzene rings is 2. The summed E-state index contributed by atoms with van der Waals surface area (Å²) < 4.78 is 25.3. The maximum absolute atomic E-state index is 11.9. The van der Waals surface area contributed by atoms with Crippen molar-refractivity contribution in [2.45, 2.75) is 19.9 Å². The molecule has 0 unspecified atom stereocenters. The number of aromatic nitrogens is 1. The molecule has 5 nitrogen and oxygen atoms in total. The van der Waals surface area contributed by atoms with Crippen molar-refractivity contribution in [1.82, 2.24) is 9.29 Å². The Morgan fingerprint density at radius 2 is 1.97 bits per heavy atom. The second kappa shape index (κ2) is 7.78. The Labute approximate surface area is 176 Å². The van der Waals surface area contributed by atoms with Crippen molar-refractivity contribution in [3.05, 3.63) is 76.4 Å². The molecule has 0 saturated heterocycles. The van der Waals surface area contributed by atoms with Crippen molar-refractivity contribution in [2.24, 2.45) is 0 Å². The van der Waals surface area contributed by atoms with E-state index >= 15 is 0 Å². The van der Waals surface area contributed by atoms with Gasteiger partial charge in [0, 0.05) is 36.2 Å². The Kier molecular flexibility index (Phi) is 5.34. The first kappa shape index (κ1) is 19.9. The first-order valence-corrected chi connectivity index (χ1v) is 11.6. The monoisotopic (exact) mass is 427 g/mol. The van der Waals surface area contributed by atoms with Gasteiger partial charge in [-0.2, -0.15) is 4.31 Å². The van der Waals surface area contributed by atoms with E-state index in [1.807, 2.05) is 36.4 Å². The smallest absolute Gasteiger partial charge is 0.211 e. The number of fused-ring (bicyclic) bond motifs is 1. The quantitative estimate of drug-likeness (QED) is 0.651. The maximum Gasteiger partial charge on any atom is 0.211 e. The van der Waals surface area contributed by atoms with Gasteiger partial charge in [-0.1, -0.05) is 29.8 Å². The highest BCUT2D eigenvalue weighted by molar-refractivity contribution is 7.88. The fourth-order valence-corrected chi connectivity index (χ4v) is 4.56. The van der Waals surface area contributed by atoms with Gasteiger partial charge in [-0.15, -0.1) is 0 Å². The van der Waals surface area contributed by atoms with Crippen LogP contribution in [0, 0.1) is 6.92 Å². The average molecular weight is 428 g/mol. The summed E-state index contributed by atoms with van der Waals surface area (Å²) in [4.78, 5) is 4.44. The zero-order valence-electron chi connectivity index (χ0n) is 16.3. The lowest BCUT2D eigenvalue weighted by Crippen LogP contribution is -2.35. The van der Waals surface area contributed by atoms with Crippen LogP contribution in [-0.2, 0) is 23.0 Å². The van der Waals surface area contributed by atoms with Gasteiger partial charge in [-0.3, -0.25) is 4.98 Å². The van der Waals surface area contributed by atoms with Gasteiger partial charge in [0.25, 0.3) is 0 Å². The van der Waals surface area contributed by atoms with Crippen LogP contribution in [0.3, 0.4) is 0 Å². The molecule has 0 aliphatic carbocycles. The summed E-state index contributed by atoms with van der Waals surface area (Å²) >= 11 is 5.97. The van der Waals surface area contributed by atoms with Gasteiger partial charge in [-0.25, -0.2) is 8.42 Å². The lowest BCUT2D eigenvalue weighted by Gasteiger charge is -2.28. The van der Waals surface area contributed by atoms with Crippen LogP contribution in [0.1, 0.15) is 16.7 Å². The molecule has 2 heterocycles. The predicted molar refractivity (Wildman–Crippen MR) is 118 cm³/mol. The number of nitrogens with one attached hydrogen (secondary N) is 1. The van der Waals surface area contributed by atoms with E-state index in [9.17, 15) is 8.42 Å². The van der Waals surface area contributed by atoms with Gasteiger partial charge in [0.15, 0.2) is 0 Å². The van der Waals surface area contributed by atoms with Gasteiger partial charge < -0.3 is 5.32 Å². The zero-order valence-corrected chi connectivity index (χ0v) is 17.9. The van der Waals surface area contributed by atoms with Gasteiger partial charge in [0.05, 0.1) is 17.0 Å². The number of hydrogen-bond donors (Lipinski definition) is 1. The molecule has 0 atom stereocenters. The molecule has 1 aliphatic heterocycles. The summed E-state index contributed by atoms with van der Waals surface area (Å²) in [5.74, 6) is 0. The van der Waals surface area contributed by atoms with Crippen LogP contribution < -0.4 is 5.32 Å². The number of aryl methyl sites for hydroxylation is 1. The zero-order chi connectivity index (χ0) is 20.6.